The lowest BCUT2D eigenvalue weighted by atomic mass is 9.94. The van der Waals surface area contributed by atoms with Gasteiger partial charge in [0.1, 0.15) is 0 Å². The number of benzene rings is 2. The lowest BCUT2D eigenvalue weighted by Gasteiger charge is -2.42. The van der Waals surface area contributed by atoms with E-state index in [1.54, 1.807) is 0 Å². The minimum atomic E-state index is -1.06. The third kappa shape index (κ3) is 5.01. The zero-order valence-electron chi connectivity index (χ0n) is 17.8. The van der Waals surface area contributed by atoms with Crippen LogP contribution in [-0.4, -0.2) is 56.6 Å². The van der Waals surface area contributed by atoms with Crippen molar-refractivity contribution in [3.63, 3.8) is 0 Å². The summed E-state index contributed by atoms with van der Waals surface area (Å²) in [6, 6.07) is 16.6. The molecule has 1 aliphatic carbocycles. The van der Waals surface area contributed by atoms with E-state index < -0.39 is 29.9 Å². The molecule has 2 aromatic rings. The summed E-state index contributed by atoms with van der Waals surface area (Å²) >= 11 is 0. The summed E-state index contributed by atoms with van der Waals surface area (Å²) in [6.07, 6.45) is -1.60. The fourth-order valence-corrected chi connectivity index (χ4v) is 4.38. The Kier molecular flexibility index (Phi) is 6.81. The van der Waals surface area contributed by atoms with Crippen LogP contribution in [0.3, 0.4) is 0 Å². The molecule has 2 aromatic carbocycles. The van der Waals surface area contributed by atoms with Gasteiger partial charge < -0.3 is 20.6 Å². The van der Waals surface area contributed by atoms with E-state index in [1.165, 1.54) is 4.90 Å². The summed E-state index contributed by atoms with van der Waals surface area (Å²) in [4.78, 5) is 13.5. The maximum atomic E-state index is 12.1. The molecule has 0 spiro atoms. The average molecular weight is 413 g/mol. The number of hydrogen-bond donors (Lipinski definition) is 4. The fourth-order valence-electron chi connectivity index (χ4n) is 4.38. The Labute approximate surface area is 178 Å². The largest absolute Gasteiger partial charge is 0.465 e. The Morgan fingerprint density at radius 1 is 1.13 bits per heavy atom. The maximum Gasteiger partial charge on any atom is 0.408 e. The van der Waals surface area contributed by atoms with Crippen LogP contribution in [-0.2, 0) is 12.8 Å². The number of aliphatic hydroxyl groups is 2. The van der Waals surface area contributed by atoms with Crippen LogP contribution in [0.4, 0.5) is 4.79 Å². The predicted molar refractivity (Wildman–Crippen MR) is 116 cm³/mol. The van der Waals surface area contributed by atoms with Crippen molar-refractivity contribution in [2.45, 2.75) is 63.4 Å². The first-order chi connectivity index (χ1) is 14.2. The van der Waals surface area contributed by atoms with Crippen LogP contribution in [0, 0.1) is 0 Å². The second kappa shape index (κ2) is 9.16. The molecule has 1 amide bonds. The summed E-state index contributed by atoms with van der Waals surface area (Å²) in [5, 5.41) is 34.8. The number of aliphatic hydroxyl groups excluding tert-OH is 2. The van der Waals surface area contributed by atoms with E-state index in [2.05, 4.69) is 5.32 Å². The van der Waals surface area contributed by atoms with Gasteiger partial charge in [0.15, 0.2) is 0 Å². The first-order valence-electron chi connectivity index (χ1n) is 10.4. The van der Waals surface area contributed by atoms with E-state index in [0.717, 1.165) is 16.7 Å². The van der Waals surface area contributed by atoms with Gasteiger partial charge in [0, 0.05) is 18.5 Å². The molecule has 3 rings (SSSR count). The van der Waals surface area contributed by atoms with Gasteiger partial charge in [-0.05, 0) is 43.9 Å². The highest BCUT2D eigenvalue weighted by atomic mass is 16.4. The maximum absolute atomic E-state index is 12.1. The molecular weight excluding hydrogens is 380 g/mol. The van der Waals surface area contributed by atoms with Crippen LogP contribution < -0.4 is 5.32 Å². The third-order valence-corrected chi connectivity index (χ3v) is 5.74. The molecule has 6 heteroatoms. The first-order valence-corrected chi connectivity index (χ1v) is 10.4. The van der Waals surface area contributed by atoms with Crippen LogP contribution >= 0.6 is 0 Å². The number of carbonyl (C=O) groups is 1. The van der Waals surface area contributed by atoms with E-state index in [4.69, 9.17) is 0 Å². The van der Waals surface area contributed by atoms with Crippen molar-refractivity contribution in [1.29, 1.82) is 0 Å². The minimum absolute atomic E-state index is 0.174. The van der Waals surface area contributed by atoms with E-state index in [1.807, 2.05) is 75.4 Å². The van der Waals surface area contributed by atoms with Crippen molar-refractivity contribution in [3.8, 4) is 0 Å². The molecule has 0 bridgehead atoms. The molecule has 162 valence electrons. The van der Waals surface area contributed by atoms with Crippen LogP contribution in [0.1, 0.15) is 43.5 Å². The normalized spacial score (nSPS) is 20.4. The van der Waals surface area contributed by atoms with Gasteiger partial charge in [-0.25, -0.2) is 4.79 Å². The number of fused-ring (bicyclic) bond motifs is 1. The van der Waals surface area contributed by atoms with Gasteiger partial charge in [0.05, 0.1) is 24.3 Å². The van der Waals surface area contributed by atoms with Crippen molar-refractivity contribution in [1.82, 2.24) is 10.2 Å². The van der Waals surface area contributed by atoms with Gasteiger partial charge in [-0.3, -0.25) is 4.90 Å². The summed E-state index contributed by atoms with van der Waals surface area (Å²) in [5.41, 5.74) is 2.41. The number of amides is 1. The standard InChI is InChI=1S/C24H32N2O4/c1-24(2,3)26(23(29)30)19(13-16-9-5-4-6-10-16)21(28)15-25-22-18-12-8-7-11-17(18)14-20(22)27/h4-12,19-22,25,27-28H,13-15H2,1-3H3,(H,29,30)/t19-,20+,21-,22-/m0/s1. The molecular formula is C24H32N2O4. The molecule has 4 N–H and O–H groups in total. The highest BCUT2D eigenvalue weighted by Gasteiger charge is 2.38. The van der Waals surface area contributed by atoms with Crippen molar-refractivity contribution in [2.75, 3.05) is 6.54 Å². The molecule has 0 heterocycles. The fraction of sp³-hybridized carbons (Fsp3) is 0.458. The molecule has 4 atom stereocenters. The topological polar surface area (TPSA) is 93.0 Å². The van der Waals surface area contributed by atoms with Gasteiger partial charge in [-0.2, -0.15) is 0 Å². The van der Waals surface area contributed by atoms with Gasteiger partial charge in [-0.1, -0.05) is 54.6 Å². The molecule has 1 aliphatic rings. The Balaban J connectivity index is 1.79. The van der Waals surface area contributed by atoms with E-state index in [0.29, 0.717) is 12.8 Å². The quantitative estimate of drug-likeness (QED) is 0.561. The summed E-state index contributed by atoms with van der Waals surface area (Å²) in [5.74, 6) is 0. The highest BCUT2D eigenvalue weighted by Crippen LogP contribution is 2.31. The molecule has 0 unspecified atom stereocenters. The molecule has 0 aliphatic heterocycles. The Morgan fingerprint density at radius 3 is 2.40 bits per heavy atom. The van der Waals surface area contributed by atoms with Gasteiger partial charge >= 0.3 is 6.09 Å². The first kappa shape index (κ1) is 22.3. The lowest BCUT2D eigenvalue weighted by molar-refractivity contribution is 0.00479. The van der Waals surface area contributed by atoms with E-state index in [-0.39, 0.29) is 12.6 Å². The molecule has 0 saturated carbocycles. The molecule has 0 radical (unpaired) electrons. The molecule has 0 fully saturated rings. The third-order valence-electron chi connectivity index (χ3n) is 5.74. The minimum Gasteiger partial charge on any atom is -0.465 e. The zero-order valence-corrected chi connectivity index (χ0v) is 17.8. The summed E-state index contributed by atoms with van der Waals surface area (Å²) in [7, 11) is 0. The molecule has 30 heavy (non-hydrogen) atoms. The van der Waals surface area contributed by atoms with E-state index in [9.17, 15) is 20.1 Å². The second-order valence-electron chi connectivity index (χ2n) is 9.00. The molecule has 0 aromatic heterocycles. The van der Waals surface area contributed by atoms with Crippen molar-refractivity contribution in [2.24, 2.45) is 0 Å². The molecule has 6 nitrogen and oxygen atoms in total. The smallest absolute Gasteiger partial charge is 0.408 e. The summed E-state index contributed by atoms with van der Waals surface area (Å²) < 4.78 is 0. The van der Waals surface area contributed by atoms with Crippen molar-refractivity contribution in [3.05, 3.63) is 71.3 Å². The van der Waals surface area contributed by atoms with E-state index >= 15 is 0 Å². The van der Waals surface area contributed by atoms with Gasteiger partial charge in [0.25, 0.3) is 0 Å². The number of carboxylic acid groups (broad SMARTS) is 1. The summed E-state index contributed by atoms with van der Waals surface area (Å²) in [6.45, 7) is 5.66. The van der Waals surface area contributed by atoms with Crippen LogP contribution in [0.25, 0.3) is 0 Å². The Morgan fingerprint density at radius 2 is 1.77 bits per heavy atom. The number of rotatable bonds is 7. The highest BCUT2D eigenvalue weighted by molar-refractivity contribution is 5.66. The van der Waals surface area contributed by atoms with Crippen molar-refractivity contribution < 1.29 is 20.1 Å². The number of nitrogens with zero attached hydrogens (tertiary/aromatic N) is 1. The monoisotopic (exact) mass is 412 g/mol. The SMILES string of the molecule is CC(C)(C)N(C(=O)O)[C@@H](Cc1ccccc1)[C@@H](O)CN[C@H]1c2ccccc2C[C@H]1O. The molecule has 0 saturated heterocycles. The van der Waals surface area contributed by atoms with Crippen LogP contribution in [0.2, 0.25) is 0 Å². The Hall–Kier alpha value is -2.41. The van der Waals surface area contributed by atoms with Gasteiger partial charge in [0.2, 0.25) is 0 Å². The Bertz CT molecular complexity index is 850. The van der Waals surface area contributed by atoms with Gasteiger partial charge in [-0.15, -0.1) is 0 Å². The van der Waals surface area contributed by atoms with Crippen molar-refractivity contribution >= 4 is 6.09 Å². The number of nitrogens with one attached hydrogen (secondary N) is 1. The van der Waals surface area contributed by atoms with Crippen LogP contribution in [0.5, 0.6) is 0 Å². The predicted octanol–water partition coefficient (Wildman–Crippen LogP) is 2.99. The second-order valence-corrected chi connectivity index (χ2v) is 9.00. The zero-order chi connectivity index (χ0) is 21.9. The van der Waals surface area contributed by atoms with Crippen LogP contribution in [0.15, 0.2) is 54.6 Å². The lowest BCUT2D eigenvalue weighted by Crippen LogP contribution is -2.58. The average Bonchev–Trinajstić information content (AvgIpc) is 3.00. The number of hydrogen-bond acceptors (Lipinski definition) is 4.